The molecule has 1 rings (SSSR count). The molecular formula is C8H14N2O2S. The SMILES string of the molecule is CC(CCN)SC1CC(=O)NC1=O. The molecule has 0 bridgehead atoms. The second-order valence-electron chi connectivity index (χ2n) is 3.13. The second kappa shape index (κ2) is 4.62. The molecule has 1 aliphatic rings. The highest BCUT2D eigenvalue weighted by Crippen LogP contribution is 2.25. The van der Waals surface area contributed by atoms with Crippen LogP contribution >= 0.6 is 11.8 Å². The quantitative estimate of drug-likeness (QED) is 0.623. The van der Waals surface area contributed by atoms with Crippen LogP contribution in [0.15, 0.2) is 0 Å². The van der Waals surface area contributed by atoms with Crippen molar-refractivity contribution in [2.45, 2.75) is 30.3 Å². The number of thioether (sulfide) groups is 1. The van der Waals surface area contributed by atoms with Crippen molar-refractivity contribution in [3.05, 3.63) is 0 Å². The van der Waals surface area contributed by atoms with Crippen molar-refractivity contribution in [1.82, 2.24) is 5.32 Å². The van der Waals surface area contributed by atoms with Crippen LogP contribution in [0.2, 0.25) is 0 Å². The molecule has 0 spiro atoms. The standard InChI is InChI=1S/C8H14N2O2S/c1-5(2-3-9)13-6-4-7(11)10-8(6)12/h5-6H,2-4,9H2,1H3,(H,10,11,12). The third-order valence-electron chi connectivity index (χ3n) is 1.90. The fraction of sp³-hybridized carbons (Fsp3) is 0.750. The van der Waals surface area contributed by atoms with Crippen LogP contribution in [0.1, 0.15) is 19.8 Å². The Morgan fingerprint density at radius 2 is 2.38 bits per heavy atom. The Kier molecular flexibility index (Phi) is 3.74. The highest BCUT2D eigenvalue weighted by atomic mass is 32.2. The maximum atomic E-state index is 11.1. The van der Waals surface area contributed by atoms with Crippen LogP contribution in [-0.2, 0) is 9.59 Å². The lowest BCUT2D eigenvalue weighted by molar-refractivity contribution is -0.124. The summed E-state index contributed by atoms with van der Waals surface area (Å²) < 4.78 is 0. The topological polar surface area (TPSA) is 72.2 Å². The Morgan fingerprint density at radius 3 is 2.85 bits per heavy atom. The molecule has 5 heteroatoms. The Balaban J connectivity index is 2.36. The monoisotopic (exact) mass is 202 g/mol. The Labute approximate surface area is 81.6 Å². The summed E-state index contributed by atoms with van der Waals surface area (Å²) in [6.07, 6.45) is 1.20. The van der Waals surface area contributed by atoms with Crippen molar-refractivity contribution < 1.29 is 9.59 Å². The van der Waals surface area contributed by atoms with Gasteiger partial charge in [0.15, 0.2) is 0 Å². The normalized spacial score (nSPS) is 24.6. The van der Waals surface area contributed by atoms with Crippen LogP contribution in [0.5, 0.6) is 0 Å². The van der Waals surface area contributed by atoms with E-state index in [1.54, 1.807) is 0 Å². The number of carbonyl (C=O) groups excluding carboxylic acids is 2. The van der Waals surface area contributed by atoms with Gasteiger partial charge in [-0.15, -0.1) is 11.8 Å². The van der Waals surface area contributed by atoms with E-state index >= 15 is 0 Å². The second-order valence-corrected chi connectivity index (χ2v) is 4.78. The predicted octanol–water partition coefficient (Wildman–Crippen LogP) is -0.128. The van der Waals surface area contributed by atoms with Crippen LogP contribution < -0.4 is 11.1 Å². The third-order valence-corrected chi connectivity index (χ3v) is 3.31. The van der Waals surface area contributed by atoms with Gasteiger partial charge in [-0.3, -0.25) is 14.9 Å². The Bertz CT molecular complexity index is 220. The first kappa shape index (κ1) is 10.5. The minimum absolute atomic E-state index is 0.154. The van der Waals surface area contributed by atoms with Crippen LogP contribution in [-0.4, -0.2) is 28.9 Å². The number of rotatable bonds is 4. The lowest BCUT2D eigenvalue weighted by Crippen LogP contribution is -2.24. The first-order chi connectivity index (χ1) is 6.13. The molecule has 2 unspecified atom stereocenters. The summed E-state index contributed by atoms with van der Waals surface area (Å²) in [5, 5.41) is 2.42. The number of hydrogen-bond donors (Lipinski definition) is 2. The molecule has 2 atom stereocenters. The molecule has 0 radical (unpaired) electrons. The first-order valence-electron chi connectivity index (χ1n) is 4.32. The predicted molar refractivity (Wildman–Crippen MR) is 52.3 cm³/mol. The average Bonchev–Trinajstić information content (AvgIpc) is 2.30. The van der Waals surface area contributed by atoms with Crippen molar-refractivity contribution in [2.24, 2.45) is 5.73 Å². The van der Waals surface area contributed by atoms with Crippen molar-refractivity contribution in [1.29, 1.82) is 0 Å². The zero-order chi connectivity index (χ0) is 9.84. The van der Waals surface area contributed by atoms with Gasteiger partial charge < -0.3 is 5.73 Å². The molecule has 1 saturated heterocycles. The number of amides is 2. The van der Waals surface area contributed by atoms with E-state index in [9.17, 15) is 9.59 Å². The van der Waals surface area contributed by atoms with E-state index in [-0.39, 0.29) is 17.1 Å². The summed E-state index contributed by atoms with van der Waals surface area (Å²) in [6, 6.07) is 0. The van der Waals surface area contributed by atoms with Crippen LogP contribution in [0.25, 0.3) is 0 Å². The summed E-state index contributed by atoms with van der Waals surface area (Å²) >= 11 is 1.53. The van der Waals surface area contributed by atoms with E-state index in [2.05, 4.69) is 5.32 Å². The van der Waals surface area contributed by atoms with Crippen molar-refractivity contribution in [3.8, 4) is 0 Å². The molecule has 4 nitrogen and oxygen atoms in total. The zero-order valence-corrected chi connectivity index (χ0v) is 8.39. The third kappa shape index (κ3) is 3.00. The summed E-state index contributed by atoms with van der Waals surface area (Å²) in [6.45, 7) is 2.64. The zero-order valence-electron chi connectivity index (χ0n) is 7.58. The lowest BCUT2D eigenvalue weighted by Gasteiger charge is -2.12. The van der Waals surface area contributed by atoms with Crippen molar-refractivity contribution >= 4 is 23.6 Å². The van der Waals surface area contributed by atoms with Gasteiger partial charge in [-0.2, -0.15) is 0 Å². The fourth-order valence-corrected chi connectivity index (χ4v) is 2.49. The molecule has 0 saturated carbocycles. The highest BCUT2D eigenvalue weighted by Gasteiger charge is 2.31. The van der Waals surface area contributed by atoms with Crippen molar-refractivity contribution in [2.75, 3.05) is 6.54 Å². The van der Waals surface area contributed by atoms with Crippen LogP contribution in [0.4, 0.5) is 0 Å². The summed E-state index contributed by atoms with van der Waals surface area (Å²) in [4.78, 5) is 22.0. The fourth-order valence-electron chi connectivity index (χ4n) is 1.22. The number of imide groups is 1. The Morgan fingerprint density at radius 1 is 1.69 bits per heavy atom. The smallest absolute Gasteiger partial charge is 0.240 e. The molecule has 0 aromatic carbocycles. The molecule has 2 amide bonds. The van der Waals surface area contributed by atoms with Crippen LogP contribution in [0.3, 0.4) is 0 Å². The van der Waals surface area contributed by atoms with Gasteiger partial charge in [0.05, 0.1) is 5.25 Å². The number of hydrogen-bond acceptors (Lipinski definition) is 4. The van der Waals surface area contributed by atoms with Gasteiger partial charge in [0.2, 0.25) is 11.8 Å². The number of carbonyl (C=O) groups is 2. The van der Waals surface area contributed by atoms with E-state index in [4.69, 9.17) is 5.73 Å². The van der Waals surface area contributed by atoms with Crippen molar-refractivity contribution in [3.63, 3.8) is 0 Å². The molecule has 1 fully saturated rings. The van der Waals surface area contributed by atoms with Gasteiger partial charge in [0.1, 0.15) is 0 Å². The van der Waals surface area contributed by atoms with Gasteiger partial charge >= 0.3 is 0 Å². The summed E-state index contributed by atoms with van der Waals surface area (Å²) in [7, 11) is 0. The largest absolute Gasteiger partial charge is 0.330 e. The molecule has 1 heterocycles. The highest BCUT2D eigenvalue weighted by molar-refractivity contribution is 8.01. The van der Waals surface area contributed by atoms with E-state index in [1.807, 2.05) is 6.92 Å². The summed E-state index contributed by atoms with van der Waals surface area (Å²) in [5.41, 5.74) is 5.38. The van der Waals surface area contributed by atoms with E-state index in [0.717, 1.165) is 6.42 Å². The number of nitrogens with one attached hydrogen (secondary N) is 1. The van der Waals surface area contributed by atoms with E-state index in [1.165, 1.54) is 11.8 Å². The van der Waals surface area contributed by atoms with Gasteiger partial charge in [-0.05, 0) is 13.0 Å². The maximum Gasteiger partial charge on any atom is 0.240 e. The molecule has 3 N–H and O–H groups in total. The molecule has 1 aliphatic heterocycles. The van der Waals surface area contributed by atoms with Gasteiger partial charge in [0, 0.05) is 11.7 Å². The molecule has 0 aromatic heterocycles. The Hall–Kier alpha value is -0.550. The molecular weight excluding hydrogens is 188 g/mol. The molecule has 0 aliphatic carbocycles. The lowest BCUT2D eigenvalue weighted by atomic mass is 10.3. The van der Waals surface area contributed by atoms with E-state index < -0.39 is 0 Å². The average molecular weight is 202 g/mol. The molecule has 74 valence electrons. The first-order valence-corrected chi connectivity index (χ1v) is 5.27. The van der Waals surface area contributed by atoms with Crippen LogP contribution in [0, 0.1) is 0 Å². The minimum atomic E-state index is -0.200. The van der Waals surface area contributed by atoms with Gasteiger partial charge in [-0.25, -0.2) is 0 Å². The van der Waals surface area contributed by atoms with Gasteiger partial charge in [0.25, 0.3) is 0 Å². The minimum Gasteiger partial charge on any atom is -0.330 e. The number of nitrogens with two attached hydrogens (primary N) is 1. The molecule has 13 heavy (non-hydrogen) atoms. The maximum absolute atomic E-state index is 11.1. The summed E-state index contributed by atoms with van der Waals surface area (Å²) in [5.74, 6) is -0.318. The van der Waals surface area contributed by atoms with Gasteiger partial charge in [-0.1, -0.05) is 6.92 Å². The van der Waals surface area contributed by atoms with E-state index in [0.29, 0.717) is 18.2 Å². The molecule has 0 aromatic rings.